The highest BCUT2D eigenvalue weighted by Crippen LogP contribution is 2.39. The molecule has 0 fully saturated rings. The molecule has 0 unspecified atom stereocenters. The first-order chi connectivity index (χ1) is 8.83. The Labute approximate surface area is 110 Å². The van der Waals surface area contributed by atoms with Gasteiger partial charge in [0.05, 0.1) is 12.0 Å². The highest BCUT2D eigenvalue weighted by molar-refractivity contribution is 7.19. The van der Waals surface area contributed by atoms with Crippen molar-refractivity contribution in [2.24, 2.45) is 0 Å². The number of hydrogen-bond donors (Lipinski definition) is 2. The molecule has 2 N–H and O–H groups in total. The lowest BCUT2D eigenvalue weighted by molar-refractivity contribution is 0.311. The normalized spacial score (nSPS) is 14.1. The Morgan fingerprint density at radius 1 is 1.33 bits per heavy atom. The van der Waals surface area contributed by atoms with Gasteiger partial charge in [-0.1, -0.05) is 6.92 Å². The van der Waals surface area contributed by atoms with Gasteiger partial charge in [-0.25, -0.2) is 9.97 Å². The van der Waals surface area contributed by atoms with Crippen LogP contribution in [-0.4, -0.2) is 28.2 Å². The topological polar surface area (TPSA) is 58.0 Å². The molecule has 1 aliphatic rings. The molecule has 1 aliphatic carbocycles. The predicted molar refractivity (Wildman–Crippen MR) is 74.4 cm³/mol. The minimum atomic E-state index is 0.124. The van der Waals surface area contributed by atoms with Crippen molar-refractivity contribution < 1.29 is 5.11 Å². The van der Waals surface area contributed by atoms with Crippen molar-refractivity contribution in [3.05, 3.63) is 16.3 Å². The van der Waals surface area contributed by atoms with Crippen LogP contribution in [0.2, 0.25) is 0 Å². The monoisotopic (exact) mass is 263 g/mol. The number of aliphatic hydroxyl groups is 1. The number of nitrogens with one attached hydrogen (secondary N) is 1. The van der Waals surface area contributed by atoms with E-state index in [1.807, 2.05) is 11.3 Å². The average Bonchev–Trinajstić information content (AvgIpc) is 2.95. The maximum atomic E-state index is 8.97. The first kappa shape index (κ1) is 11.9. The lowest BCUT2D eigenvalue weighted by Gasteiger charge is -2.08. The smallest absolute Gasteiger partial charge is 0.138 e. The number of thiophene rings is 1. The van der Waals surface area contributed by atoms with Gasteiger partial charge in [0.15, 0.2) is 0 Å². The molecule has 96 valence electrons. The summed E-state index contributed by atoms with van der Waals surface area (Å²) in [5.41, 5.74) is 1.43. The van der Waals surface area contributed by atoms with Crippen molar-refractivity contribution in [2.45, 2.75) is 32.6 Å². The summed E-state index contributed by atoms with van der Waals surface area (Å²) in [5, 5.41) is 13.4. The summed E-state index contributed by atoms with van der Waals surface area (Å²) >= 11 is 1.81. The Morgan fingerprint density at radius 3 is 3.00 bits per heavy atom. The van der Waals surface area contributed by atoms with Gasteiger partial charge < -0.3 is 10.4 Å². The van der Waals surface area contributed by atoms with Crippen LogP contribution >= 0.6 is 11.3 Å². The highest BCUT2D eigenvalue weighted by atomic mass is 32.1. The number of rotatable bonds is 4. The van der Waals surface area contributed by atoms with Crippen LogP contribution in [0.3, 0.4) is 0 Å². The second-order valence-corrected chi connectivity index (χ2v) is 5.61. The zero-order chi connectivity index (χ0) is 12.5. The molecule has 0 saturated heterocycles. The number of fused-ring (bicyclic) bond motifs is 3. The van der Waals surface area contributed by atoms with Gasteiger partial charge in [-0.3, -0.25) is 0 Å². The molecule has 3 rings (SSSR count). The Kier molecular flexibility index (Phi) is 3.18. The second kappa shape index (κ2) is 4.82. The Morgan fingerprint density at radius 2 is 2.22 bits per heavy atom. The molecule has 0 bridgehead atoms. The largest absolute Gasteiger partial charge is 0.395 e. The summed E-state index contributed by atoms with van der Waals surface area (Å²) in [6, 6.07) is 0. The van der Waals surface area contributed by atoms with Crippen LogP contribution in [0.1, 0.15) is 29.6 Å². The molecule has 5 heteroatoms. The van der Waals surface area contributed by atoms with Crippen LogP contribution in [0.5, 0.6) is 0 Å². The quantitative estimate of drug-likeness (QED) is 0.887. The van der Waals surface area contributed by atoms with E-state index in [-0.39, 0.29) is 6.61 Å². The van der Waals surface area contributed by atoms with Gasteiger partial charge in [0.1, 0.15) is 16.5 Å². The van der Waals surface area contributed by atoms with E-state index in [2.05, 4.69) is 22.2 Å². The van der Waals surface area contributed by atoms with E-state index in [9.17, 15) is 0 Å². The molecule has 0 spiro atoms. The highest BCUT2D eigenvalue weighted by Gasteiger charge is 2.21. The summed E-state index contributed by atoms with van der Waals surface area (Å²) in [4.78, 5) is 11.8. The van der Waals surface area contributed by atoms with Gasteiger partial charge in [-0.15, -0.1) is 11.3 Å². The van der Waals surface area contributed by atoms with Gasteiger partial charge >= 0.3 is 0 Å². The van der Waals surface area contributed by atoms with Gasteiger partial charge in [0.25, 0.3) is 0 Å². The minimum absolute atomic E-state index is 0.124. The first-order valence-electron chi connectivity index (χ1n) is 6.49. The van der Waals surface area contributed by atoms with Gasteiger partial charge in [0.2, 0.25) is 0 Å². The van der Waals surface area contributed by atoms with Gasteiger partial charge in [-0.05, 0) is 24.8 Å². The van der Waals surface area contributed by atoms with E-state index in [1.165, 1.54) is 28.7 Å². The van der Waals surface area contributed by atoms with Crippen molar-refractivity contribution in [2.75, 3.05) is 18.5 Å². The molecule has 0 saturated carbocycles. The molecule has 0 amide bonds. The molecule has 18 heavy (non-hydrogen) atoms. The number of hydrogen-bond acceptors (Lipinski definition) is 5. The average molecular weight is 263 g/mol. The van der Waals surface area contributed by atoms with E-state index in [4.69, 9.17) is 5.11 Å². The maximum absolute atomic E-state index is 8.97. The third-order valence-corrected chi connectivity index (χ3v) is 4.52. The number of anilines is 1. The van der Waals surface area contributed by atoms with Crippen LogP contribution in [0.4, 0.5) is 5.82 Å². The minimum Gasteiger partial charge on any atom is -0.395 e. The Balaban J connectivity index is 2.16. The van der Waals surface area contributed by atoms with Crippen LogP contribution in [0.15, 0.2) is 0 Å². The molecular weight excluding hydrogens is 246 g/mol. The molecule has 4 nitrogen and oxygen atoms in total. The summed E-state index contributed by atoms with van der Waals surface area (Å²) < 4.78 is 0. The van der Waals surface area contributed by atoms with Crippen LogP contribution in [-0.2, 0) is 19.3 Å². The molecule has 0 atom stereocenters. The lowest BCUT2D eigenvalue weighted by atomic mass is 10.2. The summed E-state index contributed by atoms with van der Waals surface area (Å²) in [6.45, 7) is 2.73. The Bertz CT molecular complexity index is 579. The fourth-order valence-electron chi connectivity index (χ4n) is 2.50. The molecule has 2 heterocycles. The second-order valence-electron chi connectivity index (χ2n) is 4.53. The van der Waals surface area contributed by atoms with Crippen LogP contribution < -0.4 is 5.32 Å². The third kappa shape index (κ3) is 1.87. The van der Waals surface area contributed by atoms with Crippen molar-refractivity contribution in [3.63, 3.8) is 0 Å². The van der Waals surface area contributed by atoms with Gasteiger partial charge in [-0.2, -0.15) is 0 Å². The SMILES string of the molecule is CCc1nc(NCCO)c2c3c(sc2n1)CCC3. The molecule has 0 aliphatic heterocycles. The zero-order valence-electron chi connectivity index (χ0n) is 10.5. The van der Waals surface area contributed by atoms with Gasteiger partial charge in [0, 0.05) is 17.8 Å². The molecular formula is C13H17N3OS. The number of aryl methyl sites for hydroxylation is 3. The van der Waals surface area contributed by atoms with E-state index < -0.39 is 0 Å². The van der Waals surface area contributed by atoms with Crippen molar-refractivity contribution in [1.82, 2.24) is 9.97 Å². The fourth-order valence-corrected chi connectivity index (χ4v) is 3.78. The number of aromatic nitrogens is 2. The number of nitrogens with zero attached hydrogens (tertiary/aromatic N) is 2. The fraction of sp³-hybridized carbons (Fsp3) is 0.538. The molecule has 2 aromatic heterocycles. The van der Waals surface area contributed by atoms with E-state index in [0.29, 0.717) is 6.54 Å². The maximum Gasteiger partial charge on any atom is 0.138 e. The van der Waals surface area contributed by atoms with Crippen molar-refractivity contribution >= 4 is 27.4 Å². The molecule has 0 radical (unpaired) electrons. The first-order valence-corrected chi connectivity index (χ1v) is 7.31. The van der Waals surface area contributed by atoms with E-state index >= 15 is 0 Å². The summed E-state index contributed by atoms with van der Waals surface area (Å²) in [6.07, 6.45) is 4.40. The standard InChI is InChI=1S/C13H17N3OS/c1-2-10-15-12(14-6-7-17)11-8-4-3-5-9(8)18-13(11)16-10/h17H,2-7H2,1H3,(H,14,15,16). The summed E-state index contributed by atoms with van der Waals surface area (Å²) in [7, 11) is 0. The molecule has 2 aromatic rings. The summed E-state index contributed by atoms with van der Waals surface area (Å²) in [5.74, 6) is 1.79. The zero-order valence-corrected chi connectivity index (χ0v) is 11.3. The van der Waals surface area contributed by atoms with Crippen molar-refractivity contribution in [1.29, 1.82) is 0 Å². The van der Waals surface area contributed by atoms with Crippen LogP contribution in [0.25, 0.3) is 10.2 Å². The third-order valence-electron chi connectivity index (χ3n) is 3.33. The Hall–Kier alpha value is -1.20. The predicted octanol–water partition coefficient (Wildman–Crippen LogP) is 2.15. The lowest BCUT2D eigenvalue weighted by Crippen LogP contribution is -2.09. The van der Waals surface area contributed by atoms with Crippen molar-refractivity contribution in [3.8, 4) is 0 Å². The molecule has 0 aromatic carbocycles. The van der Waals surface area contributed by atoms with Crippen LogP contribution in [0, 0.1) is 0 Å². The van der Waals surface area contributed by atoms with E-state index in [1.54, 1.807) is 0 Å². The van der Waals surface area contributed by atoms with E-state index in [0.717, 1.165) is 29.3 Å². The number of aliphatic hydroxyl groups excluding tert-OH is 1.